The van der Waals surface area contributed by atoms with Gasteiger partial charge in [-0.1, -0.05) is 0 Å². The van der Waals surface area contributed by atoms with Gasteiger partial charge in [-0.25, -0.2) is 13.8 Å². The van der Waals surface area contributed by atoms with E-state index in [1.807, 2.05) is 4.90 Å². The van der Waals surface area contributed by atoms with E-state index in [1.165, 1.54) is 12.3 Å². The zero-order valence-corrected chi connectivity index (χ0v) is 14.2. The molecule has 3 heterocycles. The summed E-state index contributed by atoms with van der Waals surface area (Å²) in [6.45, 7) is 5.33. The number of hydrogen-bond acceptors (Lipinski definition) is 5. The third-order valence-corrected chi connectivity index (χ3v) is 4.83. The summed E-state index contributed by atoms with van der Waals surface area (Å²) in [5, 5.41) is 0. The third-order valence-electron chi connectivity index (χ3n) is 4.83. The number of aromatic nitrogens is 1. The van der Waals surface area contributed by atoms with Gasteiger partial charge in [0.05, 0.1) is 18.8 Å². The molecule has 138 valence electrons. The van der Waals surface area contributed by atoms with Crippen molar-refractivity contribution in [2.75, 3.05) is 39.5 Å². The second-order valence-electron chi connectivity index (χ2n) is 6.33. The molecular weight excluding hydrogens is 332 g/mol. The first kappa shape index (κ1) is 18.0. The van der Waals surface area contributed by atoms with Gasteiger partial charge >= 0.3 is 0 Å². The topological polar surface area (TPSA) is 54.9 Å². The van der Waals surface area contributed by atoms with Crippen LogP contribution >= 0.6 is 0 Å². The lowest BCUT2D eigenvalue weighted by Crippen LogP contribution is -2.49. The van der Waals surface area contributed by atoms with Gasteiger partial charge < -0.3 is 14.4 Å². The number of carbonyl (C=O) groups is 1. The fourth-order valence-electron chi connectivity index (χ4n) is 3.51. The minimum atomic E-state index is -2.55. The number of carbonyl (C=O) groups excluding carboxylic acids is 1. The van der Waals surface area contributed by atoms with Crippen LogP contribution in [0.3, 0.4) is 0 Å². The van der Waals surface area contributed by atoms with E-state index in [2.05, 4.69) is 16.8 Å². The maximum absolute atomic E-state index is 12.7. The van der Waals surface area contributed by atoms with E-state index in [-0.39, 0.29) is 17.8 Å². The van der Waals surface area contributed by atoms with E-state index < -0.39 is 13.0 Å². The number of hydrogen-bond donors (Lipinski definition) is 0. The number of rotatable bonds is 5. The number of pyridine rings is 1. The van der Waals surface area contributed by atoms with E-state index >= 15 is 0 Å². The number of halogens is 2. The van der Waals surface area contributed by atoms with Crippen LogP contribution < -0.4 is 4.74 Å². The molecule has 0 spiro atoms. The summed E-state index contributed by atoms with van der Waals surface area (Å²) in [4.78, 5) is 20.9. The van der Waals surface area contributed by atoms with Gasteiger partial charge in [0.1, 0.15) is 0 Å². The van der Waals surface area contributed by atoms with Crippen molar-refractivity contribution in [2.45, 2.75) is 31.9 Å². The molecule has 0 aliphatic carbocycles. The Balaban J connectivity index is 1.60. The van der Waals surface area contributed by atoms with Crippen LogP contribution in [0.5, 0.6) is 5.88 Å². The van der Waals surface area contributed by atoms with E-state index in [0.717, 1.165) is 32.7 Å². The molecular formula is C17H23F2N3O3. The molecule has 0 unspecified atom stereocenters. The van der Waals surface area contributed by atoms with Crippen LogP contribution in [0, 0.1) is 0 Å². The zero-order valence-electron chi connectivity index (χ0n) is 14.2. The molecule has 1 aromatic heterocycles. The lowest BCUT2D eigenvalue weighted by molar-refractivity contribution is 0.0104. The van der Waals surface area contributed by atoms with Gasteiger partial charge in [-0.2, -0.15) is 0 Å². The largest absolute Gasteiger partial charge is 0.472 e. The summed E-state index contributed by atoms with van der Waals surface area (Å²) < 4.78 is 34.5. The smallest absolute Gasteiger partial charge is 0.272 e. The number of ether oxygens (including phenoxy) is 2. The molecule has 25 heavy (non-hydrogen) atoms. The minimum Gasteiger partial charge on any atom is -0.472 e. The van der Waals surface area contributed by atoms with Crippen molar-refractivity contribution in [1.82, 2.24) is 14.8 Å². The molecule has 0 saturated carbocycles. The first-order chi connectivity index (χ1) is 12.1. The summed E-state index contributed by atoms with van der Waals surface area (Å²) in [5.74, 6) is 0.00804. The Morgan fingerprint density at radius 3 is 2.76 bits per heavy atom. The quantitative estimate of drug-likeness (QED) is 0.804. The zero-order chi connectivity index (χ0) is 17.8. The summed E-state index contributed by atoms with van der Waals surface area (Å²) in [5.41, 5.74) is 0.443. The average Bonchev–Trinajstić information content (AvgIpc) is 3.02. The Bertz CT molecular complexity index is 579. The Morgan fingerprint density at radius 1 is 1.36 bits per heavy atom. The van der Waals surface area contributed by atoms with Gasteiger partial charge in [-0.15, -0.1) is 0 Å². The Hall–Kier alpha value is -1.80. The van der Waals surface area contributed by atoms with Crippen LogP contribution in [0.15, 0.2) is 18.3 Å². The lowest BCUT2D eigenvalue weighted by Gasteiger charge is -2.35. The molecule has 2 aliphatic heterocycles. The van der Waals surface area contributed by atoms with Gasteiger partial charge in [0, 0.05) is 44.0 Å². The highest BCUT2D eigenvalue weighted by Crippen LogP contribution is 2.25. The van der Waals surface area contributed by atoms with Crippen LogP contribution in [0.1, 0.15) is 23.7 Å². The normalized spacial score (nSPS) is 24.7. The number of alkyl halides is 2. The molecule has 0 radical (unpaired) electrons. The molecule has 3 rings (SSSR count). The van der Waals surface area contributed by atoms with E-state index in [4.69, 9.17) is 9.47 Å². The highest BCUT2D eigenvalue weighted by atomic mass is 19.3. The predicted octanol–water partition coefficient (Wildman–Crippen LogP) is 1.66. The second kappa shape index (κ2) is 8.05. The molecule has 1 amide bonds. The van der Waals surface area contributed by atoms with Crippen LogP contribution in [0.2, 0.25) is 0 Å². The molecule has 2 aliphatic rings. The molecule has 2 fully saturated rings. The fraction of sp³-hybridized carbons (Fsp3) is 0.647. The van der Waals surface area contributed by atoms with E-state index in [0.29, 0.717) is 18.2 Å². The van der Waals surface area contributed by atoms with Gasteiger partial charge in [-0.05, 0) is 19.4 Å². The minimum absolute atomic E-state index is 0.0869. The molecule has 0 N–H and O–H groups in total. The summed E-state index contributed by atoms with van der Waals surface area (Å²) in [7, 11) is 0. The van der Waals surface area contributed by atoms with Crippen molar-refractivity contribution in [3.63, 3.8) is 0 Å². The van der Waals surface area contributed by atoms with Crippen LogP contribution in [0.25, 0.3) is 0 Å². The van der Waals surface area contributed by atoms with Crippen molar-refractivity contribution >= 4 is 5.91 Å². The summed E-state index contributed by atoms with van der Waals surface area (Å²) in [6, 6.07) is 3.48. The molecule has 0 aromatic carbocycles. The second-order valence-corrected chi connectivity index (χ2v) is 6.33. The molecule has 1 aromatic rings. The SMILES string of the molecule is C[C@@H]1[C@H](N2CCOCC2)CCN1C(=O)c1ccc(OCC(F)F)nc1. The molecule has 0 bridgehead atoms. The van der Waals surface area contributed by atoms with Crippen LogP contribution in [0.4, 0.5) is 8.78 Å². The van der Waals surface area contributed by atoms with Crippen molar-refractivity contribution in [2.24, 2.45) is 0 Å². The van der Waals surface area contributed by atoms with Crippen molar-refractivity contribution in [3.8, 4) is 5.88 Å². The number of amides is 1. The van der Waals surface area contributed by atoms with Crippen LogP contribution in [-0.4, -0.2) is 78.7 Å². The Kier molecular flexibility index (Phi) is 5.80. The van der Waals surface area contributed by atoms with E-state index in [1.54, 1.807) is 6.07 Å². The summed E-state index contributed by atoms with van der Waals surface area (Å²) in [6.07, 6.45) is -0.223. The number of nitrogens with zero attached hydrogens (tertiary/aromatic N) is 3. The van der Waals surface area contributed by atoms with E-state index in [9.17, 15) is 13.6 Å². The van der Waals surface area contributed by atoms with Gasteiger partial charge in [0.15, 0.2) is 6.61 Å². The fourth-order valence-corrected chi connectivity index (χ4v) is 3.51. The average molecular weight is 355 g/mol. The first-order valence-corrected chi connectivity index (χ1v) is 8.56. The maximum Gasteiger partial charge on any atom is 0.272 e. The summed E-state index contributed by atoms with van der Waals surface area (Å²) >= 11 is 0. The molecule has 2 saturated heterocycles. The number of likely N-dealkylation sites (tertiary alicyclic amines) is 1. The highest BCUT2D eigenvalue weighted by Gasteiger charge is 2.38. The van der Waals surface area contributed by atoms with Gasteiger partial charge in [-0.3, -0.25) is 9.69 Å². The standard InChI is InChI=1S/C17H23F2N3O3/c1-12-14(21-6-8-24-9-7-21)4-5-22(12)17(23)13-2-3-16(20-10-13)25-11-15(18)19/h2-3,10,12,14-15H,4-9,11H2,1H3/t12-,14-/m1/s1. The van der Waals surface area contributed by atoms with Gasteiger partial charge in [0.25, 0.3) is 12.3 Å². The predicted molar refractivity (Wildman–Crippen MR) is 87.0 cm³/mol. The first-order valence-electron chi connectivity index (χ1n) is 8.56. The van der Waals surface area contributed by atoms with Crippen LogP contribution in [-0.2, 0) is 4.74 Å². The van der Waals surface area contributed by atoms with Crippen molar-refractivity contribution in [3.05, 3.63) is 23.9 Å². The number of morpholine rings is 1. The van der Waals surface area contributed by atoms with Crippen molar-refractivity contribution < 1.29 is 23.0 Å². The molecule has 2 atom stereocenters. The third kappa shape index (κ3) is 4.24. The van der Waals surface area contributed by atoms with Crippen molar-refractivity contribution in [1.29, 1.82) is 0 Å². The molecule has 6 nitrogen and oxygen atoms in total. The Labute approximate surface area is 145 Å². The molecule has 8 heteroatoms. The highest BCUT2D eigenvalue weighted by molar-refractivity contribution is 5.94. The maximum atomic E-state index is 12.7. The van der Waals surface area contributed by atoms with Gasteiger partial charge in [0.2, 0.25) is 5.88 Å². The lowest BCUT2D eigenvalue weighted by atomic mass is 10.1. The Morgan fingerprint density at radius 2 is 2.12 bits per heavy atom. The monoisotopic (exact) mass is 355 g/mol.